The molecule has 7 heteroatoms. The van der Waals surface area contributed by atoms with Crippen molar-refractivity contribution in [3.8, 4) is 0 Å². The van der Waals surface area contributed by atoms with Crippen LogP contribution in [0.25, 0.3) is 0 Å². The molecule has 0 aromatic heterocycles. The van der Waals surface area contributed by atoms with Crippen LogP contribution in [-0.2, 0) is 14.2 Å². The molecule has 3 N–H and O–H groups in total. The summed E-state index contributed by atoms with van der Waals surface area (Å²) in [6, 6.07) is 1.48. The normalized spacial score (nSPS) is 49.2. The molecule has 6 unspecified atom stereocenters. The second-order valence-electron chi connectivity index (χ2n) is 8.24. The van der Waals surface area contributed by atoms with E-state index in [-0.39, 0.29) is 6.10 Å². The maximum atomic E-state index is 6.30. The minimum Gasteiger partial charge on any atom is -0.377 e. The first-order valence-corrected chi connectivity index (χ1v) is 10.0. The van der Waals surface area contributed by atoms with E-state index in [9.17, 15) is 0 Å². The number of hydrazine groups is 2. The number of hydrogen-bond acceptors (Lipinski definition) is 7. The van der Waals surface area contributed by atoms with Crippen molar-refractivity contribution in [1.82, 2.24) is 21.3 Å². The van der Waals surface area contributed by atoms with Gasteiger partial charge in [-0.1, -0.05) is 0 Å². The lowest BCUT2D eigenvalue weighted by Gasteiger charge is -2.36. The molecule has 8 atom stereocenters. The van der Waals surface area contributed by atoms with Crippen LogP contribution < -0.4 is 16.3 Å². The van der Waals surface area contributed by atoms with Gasteiger partial charge in [-0.3, -0.25) is 16.3 Å². The smallest absolute Gasteiger partial charge is 0.0784 e. The number of rotatable bonds is 0. The van der Waals surface area contributed by atoms with Crippen LogP contribution in [0, 0.1) is 11.8 Å². The quantitative estimate of drug-likeness (QED) is 0.577. The average Bonchev–Trinajstić information content (AvgIpc) is 3.23. The van der Waals surface area contributed by atoms with Crippen LogP contribution in [0.4, 0.5) is 0 Å². The molecule has 0 aromatic rings. The zero-order valence-electron chi connectivity index (χ0n) is 15.6. The Morgan fingerprint density at radius 1 is 1.00 bits per heavy atom. The first-order valence-electron chi connectivity index (χ1n) is 10.0. The van der Waals surface area contributed by atoms with Crippen LogP contribution in [-0.4, -0.2) is 74.9 Å². The fourth-order valence-electron chi connectivity index (χ4n) is 4.91. The first-order chi connectivity index (χ1) is 12.2. The van der Waals surface area contributed by atoms with Crippen molar-refractivity contribution in [2.75, 3.05) is 39.5 Å². The van der Waals surface area contributed by atoms with E-state index in [4.69, 9.17) is 14.2 Å². The summed E-state index contributed by atoms with van der Waals surface area (Å²) in [5, 5.41) is 2.35. The van der Waals surface area contributed by atoms with E-state index in [1.165, 1.54) is 6.42 Å². The third-order valence-electron chi connectivity index (χ3n) is 6.28. The summed E-state index contributed by atoms with van der Waals surface area (Å²) < 4.78 is 17.8. The number of hydrogen-bond donors (Lipinski definition) is 3. The van der Waals surface area contributed by atoms with E-state index in [0.29, 0.717) is 55.9 Å². The Balaban J connectivity index is 1.44. The zero-order chi connectivity index (χ0) is 17.2. The lowest BCUT2D eigenvalue weighted by atomic mass is 9.76. The lowest BCUT2D eigenvalue weighted by molar-refractivity contribution is -0.0773. The molecule has 4 aliphatic rings. The van der Waals surface area contributed by atoms with E-state index in [2.05, 4.69) is 35.1 Å². The maximum Gasteiger partial charge on any atom is 0.0784 e. The molecule has 4 bridgehead atoms. The van der Waals surface area contributed by atoms with Crippen molar-refractivity contribution in [2.45, 2.75) is 63.4 Å². The van der Waals surface area contributed by atoms with Gasteiger partial charge in [-0.15, -0.1) is 0 Å². The predicted octanol–water partition coefficient (Wildman–Crippen LogP) is 0.277. The van der Waals surface area contributed by atoms with Crippen LogP contribution in [0.1, 0.15) is 33.1 Å². The number of ether oxygens (including phenoxy) is 3. The highest BCUT2D eigenvalue weighted by atomic mass is 16.6. The highest BCUT2D eigenvalue weighted by Crippen LogP contribution is 2.36. The van der Waals surface area contributed by atoms with Gasteiger partial charge in [0.1, 0.15) is 0 Å². The highest BCUT2D eigenvalue weighted by Gasteiger charge is 2.45. The molecular formula is C18H34N4O3. The predicted molar refractivity (Wildman–Crippen MR) is 94.8 cm³/mol. The van der Waals surface area contributed by atoms with Gasteiger partial charge < -0.3 is 14.2 Å². The SMILES string of the molecule is C[C@H]1COCCOC[C@H](C)N2CC(CN2)C2NNC3CCC(CC32)O1. The van der Waals surface area contributed by atoms with E-state index in [0.717, 1.165) is 32.5 Å². The van der Waals surface area contributed by atoms with Gasteiger partial charge in [0.05, 0.1) is 38.6 Å². The number of nitrogens with zero attached hydrogens (tertiary/aromatic N) is 1. The third kappa shape index (κ3) is 4.18. The molecule has 0 aromatic carbocycles. The van der Waals surface area contributed by atoms with Gasteiger partial charge >= 0.3 is 0 Å². The molecule has 4 rings (SSSR count). The summed E-state index contributed by atoms with van der Waals surface area (Å²) >= 11 is 0. The zero-order valence-corrected chi connectivity index (χ0v) is 15.6. The third-order valence-corrected chi connectivity index (χ3v) is 6.28. The summed E-state index contributed by atoms with van der Waals surface area (Å²) in [5.41, 5.74) is 10.8. The molecule has 0 amide bonds. The number of fused-ring (bicyclic) bond motifs is 4. The molecule has 4 fully saturated rings. The molecule has 1 aliphatic carbocycles. The monoisotopic (exact) mass is 354 g/mol. The van der Waals surface area contributed by atoms with Crippen LogP contribution in [0.5, 0.6) is 0 Å². The lowest BCUT2D eigenvalue weighted by Crippen LogP contribution is -2.44. The molecule has 7 nitrogen and oxygen atoms in total. The topological polar surface area (TPSA) is 67.0 Å². The highest BCUT2D eigenvalue weighted by molar-refractivity contribution is 5.00. The van der Waals surface area contributed by atoms with Gasteiger partial charge in [0.15, 0.2) is 0 Å². The Labute approximate surface area is 151 Å². The Morgan fingerprint density at radius 2 is 1.84 bits per heavy atom. The fraction of sp³-hybridized carbons (Fsp3) is 1.00. The van der Waals surface area contributed by atoms with E-state index in [1.54, 1.807) is 0 Å². The summed E-state index contributed by atoms with van der Waals surface area (Å²) in [6.07, 6.45) is 3.99. The standard InChI is InChI=1S/C18H34N4O3/c1-12-10-23-5-6-24-11-13(2)25-15-3-4-17-16(7-15)18(21-20-17)14-8-19-22(12)9-14/h12-21H,3-11H2,1-2H3/t12-,13-,14?,15?,16?,17?,18?/m0/s1. The van der Waals surface area contributed by atoms with Crippen LogP contribution in [0.2, 0.25) is 0 Å². The Hall–Kier alpha value is -0.280. The van der Waals surface area contributed by atoms with Crippen LogP contribution in [0.15, 0.2) is 0 Å². The van der Waals surface area contributed by atoms with Crippen molar-refractivity contribution < 1.29 is 14.2 Å². The van der Waals surface area contributed by atoms with Crippen LogP contribution in [0.3, 0.4) is 0 Å². The molecule has 0 radical (unpaired) electrons. The van der Waals surface area contributed by atoms with Gasteiger partial charge in [-0.25, -0.2) is 5.01 Å². The van der Waals surface area contributed by atoms with Gasteiger partial charge in [-0.2, -0.15) is 0 Å². The van der Waals surface area contributed by atoms with Crippen molar-refractivity contribution in [1.29, 1.82) is 0 Å². The van der Waals surface area contributed by atoms with Gasteiger partial charge in [0.25, 0.3) is 0 Å². The van der Waals surface area contributed by atoms with Crippen LogP contribution >= 0.6 is 0 Å². The summed E-state index contributed by atoms with van der Waals surface area (Å²) in [5.74, 6) is 1.27. The minimum absolute atomic E-state index is 0.151. The van der Waals surface area contributed by atoms with E-state index < -0.39 is 0 Å². The summed E-state index contributed by atoms with van der Waals surface area (Å²) in [4.78, 5) is 0. The molecule has 3 saturated heterocycles. The van der Waals surface area contributed by atoms with Crippen molar-refractivity contribution in [2.24, 2.45) is 11.8 Å². The molecular weight excluding hydrogens is 320 g/mol. The Kier molecular flexibility index (Phi) is 5.91. The van der Waals surface area contributed by atoms with Gasteiger partial charge in [-0.05, 0) is 39.0 Å². The van der Waals surface area contributed by atoms with Crippen molar-refractivity contribution in [3.63, 3.8) is 0 Å². The molecule has 0 spiro atoms. The second-order valence-corrected chi connectivity index (χ2v) is 8.24. The molecule has 3 heterocycles. The largest absolute Gasteiger partial charge is 0.377 e. The van der Waals surface area contributed by atoms with Crippen molar-refractivity contribution in [3.05, 3.63) is 0 Å². The van der Waals surface area contributed by atoms with E-state index >= 15 is 0 Å². The molecule has 25 heavy (non-hydrogen) atoms. The first kappa shape index (κ1) is 18.1. The molecule has 1 saturated carbocycles. The van der Waals surface area contributed by atoms with E-state index in [1.807, 2.05) is 0 Å². The minimum atomic E-state index is 0.151. The Bertz CT molecular complexity index is 441. The maximum absolute atomic E-state index is 6.30. The summed E-state index contributed by atoms with van der Waals surface area (Å²) in [7, 11) is 0. The molecule has 144 valence electrons. The van der Waals surface area contributed by atoms with Gasteiger partial charge in [0.2, 0.25) is 0 Å². The average molecular weight is 354 g/mol. The number of nitrogens with one attached hydrogen (secondary N) is 3. The Morgan fingerprint density at radius 3 is 2.72 bits per heavy atom. The second kappa shape index (κ2) is 8.17. The van der Waals surface area contributed by atoms with Crippen molar-refractivity contribution >= 4 is 0 Å². The molecule has 3 aliphatic heterocycles. The fourth-order valence-corrected chi connectivity index (χ4v) is 4.91. The van der Waals surface area contributed by atoms with Gasteiger partial charge in [0, 0.05) is 37.1 Å². The summed E-state index contributed by atoms with van der Waals surface area (Å²) in [6.45, 7) is 9.15.